The smallest absolute Gasteiger partial charge is 0.264 e. The van der Waals surface area contributed by atoms with Gasteiger partial charge in [0.25, 0.3) is 5.91 Å². The highest BCUT2D eigenvalue weighted by Gasteiger charge is 2.32. The third kappa shape index (κ3) is 3.66. The van der Waals surface area contributed by atoms with Crippen LogP contribution in [0.15, 0.2) is 35.2 Å². The summed E-state index contributed by atoms with van der Waals surface area (Å²) in [5, 5.41) is 0.222. The predicted molar refractivity (Wildman–Crippen MR) is 107 cm³/mol. The first-order valence-corrected chi connectivity index (χ1v) is 11.8. The Morgan fingerprint density at radius 3 is 2.44 bits per heavy atom. The van der Waals surface area contributed by atoms with Gasteiger partial charge in [0.05, 0.1) is 9.90 Å². The van der Waals surface area contributed by atoms with E-state index in [1.807, 2.05) is 6.07 Å². The van der Waals surface area contributed by atoms with Crippen LogP contribution in [0.1, 0.15) is 33.0 Å². The van der Waals surface area contributed by atoms with Crippen LogP contribution in [0.2, 0.25) is 5.02 Å². The minimum atomic E-state index is -3.64. The van der Waals surface area contributed by atoms with Crippen molar-refractivity contribution in [2.75, 3.05) is 26.2 Å². The van der Waals surface area contributed by atoms with E-state index < -0.39 is 10.0 Å². The van der Waals surface area contributed by atoms with Crippen LogP contribution in [0, 0.1) is 0 Å². The topological polar surface area (TPSA) is 57.7 Å². The number of nitrogens with zero attached hydrogens (tertiary/aromatic N) is 2. The Balaban J connectivity index is 1.45. The monoisotopic (exact) mass is 424 g/mol. The largest absolute Gasteiger partial charge is 0.335 e. The number of hydrogen-bond donors (Lipinski definition) is 0. The van der Waals surface area contributed by atoms with Crippen LogP contribution >= 0.6 is 22.9 Å². The second-order valence-electron chi connectivity index (χ2n) is 6.89. The molecule has 0 saturated carbocycles. The molecule has 1 aromatic carbocycles. The lowest BCUT2D eigenvalue weighted by atomic mass is 9.99. The standard InChI is InChI=1S/C19H21ClN2O3S2/c20-15-6-2-4-8-18(15)27(24,25)22-11-9-21(10-12-22)19(23)17-13-14-5-1-3-7-16(14)26-17/h2,4,6,8,13H,1,3,5,7,9-12H2. The van der Waals surface area contributed by atoms with Gasteiger partial charge in [-0.2, -0.15) is 4.31 Å². The zero-order chi connectivity index (χ0) is 19.0. The molecule has 1 saturated heterocycles. The number of hydrogen-bond acceptors (Lipinski definition) is 4. The first kappa shape index (κ1) is 18.9. The molecule has 5 nitrogen and oxygen atoms in total. The molecule has 1 aliphatic carbocycles. The lowest BCUT2D eigenvalue weighted by Crippen LogP contribution is -2.50. The summed E-state index contributed by atoms with van der Waals surface area (Å²) in [7, 11) is -3.64. The minimum Gasteiger partial charge on any atom is -0.335 e. The van der Waals surface area contributed by atoms with Crippen molar-refractivity contribution in [1.82, 2.24) is 9.21 Å². The van der Waals surface area contributed by atoms with Gasteiger partial charge in [0.15, 0.2) is 0 Å². The molecule has 0 radical (unpaired) electrons. The van der Waals surface area contributed by atoms with Crippen LogP contribution in [0.5, 0.6) is 0 Å². The second-order valence-corrected chi connectivity index (χ2v) is 10.3. The highest BCUT2D eigenvalue weighted by atomic mass is 35.5. The first-order chi connectivity index (χ1) is 13.0. The molecule has 2 aliphatic rings. The maximum absolute atomic E-state index is 12.8. The van der Waals surface area contributed by atoms with E-state index in [2.05, 4.69) is 0 Å². The number of piperazine rings is 1. The lowest BCUT2D eigenvalue weighted by molar-refractivity contribution is 0.0702. The molecule has 2 aromatic rings. The van der Waals surface area contributed by atoms with E-state index in [0.29, 0.717) is 13.1 Å². The molecule has 27 heavy (non-hydrogen) atoms. The number of benzene rings is 1. The zero-order valence-corrected chi connectivity index (χ0v) is 17.2. The zero-order valence-electron chi connectivity index (χ0n) is 14.9. The number of carbonyl (C=O) groups excluding carboxylic acids is 1. The number of fused-ring (bicyclic) bond motifs is 1. The number of aryl methyl sites for hydroxylation is 2. The fourth-order valence-corrected chi connectivity index (χ4v) is 6.81. The van der Waals surface area contributed by atoms with Gasteiger partial charge in [0, 0.05) is 31.1 Å². The van der Waals surface area contributed by atoms with Crippen LogP contribution in [-0.4, -0.2) is 49.7 Å². The molecule has 0 spiro atoms. The summed E-state index contributed by atoms with van der Waals surface area (Å²) in [5.41, 5.74) is 1.31. The third-order valence-electron chi connectivity index (χ3n) is 5.19. The Labute approximate surface area is 168 Å². The number of sulfonamides is 1. The van der Waals surface area contributed by atoms with Gasteiger partial charge in [-0.3, -0.25) is 4.79 Å². The molecule has 1 fully saturated rings. The van der Waals surface area contributed by atoms with Gasteiger partial charge in [-0.05, 0) is 49.4 Å². The van der Waals surface area contributed by atoms with Crippen LogP contribution in [0.3, 0.4) is 0 Å². The molecule has 0 bridgehead atoms. The van der Waals surface area contributed by atoms with E-state index in [1.165, 1.54) is 33.7 Å². The van der Waals surface area contributed by atoms with Crippen molar-refractivity contribution in [3.63, 3.8) is 0 Å². The van der Waals surface area contributed by atoms with E-state index in [1.54, 1.807) is 34.4 Å². The van der Waals surface area contributed by atoms with Crippen molar-refractivity contribution in [2.45, 2.75) is 30.6 Å². The molecule has 144 valence electrons. The fraction of sp³-hybridized carbons (Fsp3) is 0.421. The van der Waals surface area contributed by atoms with E-state index in [0.717, 1.165) is 17.7 Å². The summed E-state index contributed by atoms with van der Waals surface area (Å²) in [6.07, 6.45) is 4.51. The van der Waals surface area contributed by atoms with Gasteiger partial charge >= 0.3 is 0 Å². The number of rotatable bonds is 3. The van der Waals surface area contributed by atoms with Crippen molar-refractivity contribution in [1.29, 1.82) is 0 Å². The van der Waals surface area contributed by atoms with Crippen LogP contribution in [0.4, 0.5) is 0 Å². The Hall–Kier alpha value is -1.41. The summed E-state index contributed by atoms with van der Waals surface area (Å²) in [6, 6.07) is 8.50. The van der Waals surface area contributed by atoms with E-state index in [9.17, 15) is 13.2 Å². The van der Waals surface area contributed by atoms with Gasteiger partial charge in [0.2, 0.25) is 10.0 Å². The summed E-state index contributed by atoms with van der Waals surface area (Å²) in [6.45, 7) is 1.35. The molecule has 0 unspecified atom stereocenters. The van der Waals surface area contributed by atoms with Gasteiger partial charge < -0.3 is 4.90 Å². The Bertz CT molecular complexity index is 940. The Morgan fingerprint density at radius 1 is 1.04 bits per heavy atom. The molecule has 2 heterocycles. The molecule has 1 aromatic heterocycles. The number of halogens is 1. The van der Waals surface area contributed by atoms with Crippen LogP contribution < -0.4 is 0 Å². The normalized spacial score (nSPS) is 18.3. The molecule has 0 atom stereocenters. The summed E-state index contributed by atoms with van der Waals surface area (Å²) < 4.78 is 27.1. The van der Waals surface area contributed by atoms with Crippen LogP contribution in [-0.2, 0) is 22.9 Å². The summed E-state index contributed by atoms with van der Waals surface area (Å²) >= 11 is 7.67. The SMILES string of the molecule is O=C(c1cc2c(s1)CCCC2)N1CCN(S(=O)(=O)c2ccccc2Cl)CC1. The van der Waals surface area contributed by atoms with E-state index in [-0.39, 0.29) is 28.9 Å². The lowest BCUT2D eigenvalue weighted by Gasteiger charge is -2.33. The molecule has 1 aliphatic heterocycles. The quantitative estimate of drug-likeness (QED) is 0.758. The number of thiophene rings is 1. The van der Waals surface area contributed by atoms with Gasteiger partial charge in [-0.15, -0.1) is 11.3 Å². The van der Waals surface area contributed by atoms with Crippen LogP contribution in [0.25, 0.3) is 0 Å². The van der Waals surface area contributed by atoms with E-state index >= 15 is 0 Å². The first-order valence-electron chi connectivity index (χ1n) is 9.12. The summed E-state index contributed by atoms with van der Waals surface area (Å²) in [5.74, 6) is 0.0178. The predicted octanol–water partition coefficient (Wildman–Crippen LogP) is 3.43. The van der Waals surface area contributed by atoms with Gasteiger partial charge in [0.1, 0.15) is 4.90 Å². The number of carbonyl (C=O) groups is 1. The van der Waals surface area contributed by atoms with Crippen molar-refractivity contribution < 1.29 is 13.2 Å². The number of amides is 1. The maximum atomic E-state index is 12.8. The summed E-state index contributed by atoms with van der Waals surface area (Å²) in [4.78, 5) is 16.8. The Morgan fingerprint density at radius 2 is 1.74 bits per heavy atom. The van der Waals surface area contributed by atoms with Crippen molar-refractivity contribution in [3.8, 4) is 0 Å². The van der Waals surface area contributed by atoms with Crippen molar-refractivity contribution in [2.24, 2.45) is 0 Å². The average Bonchev–Trinajstić information content (AvgIpc) is 3.12. The third-order valence-corrected chi connectivity index (χ3v) is 8.81. The highest BCUT2D eigenvalue weighted by molar-refractivity contribution is 7.89. The molecule has 8 heteroatoms. The maximum Gasteiger partial charge on any atom is 0.264 e. The molecule has 1 amide bonds. The second kappa shape index (κ2) is 7.54. The van der Waals surface area contributed by atoms with Gasteiger partial charge in [-0.25, -0.2) is 8.42 Å². The van der Waals surface area contributed by atoms with E-state index in [4.69, 9.17) is 11.6 Å². The van der Waals surface area contributed by atoms with Crippen molar-refractivity contribution >= 4 is 38.9 Å². The average molecular weight is 425 g/mol. The molecular weight excluding hydrogens is 404 g/mol. The molecule has 4 rings (SSSR count). The molecular formula is C19H21ClN2O3S2. The highest BCUT2D eigenvalue weighted by Crippen LogP contribution is 2.31. The van der Waals surface area contributed by atoms with Crippen molar-refractivity contribution in [3.05, 3.63) is 50.7 Å². The fourth-order valence-electron chi connectivity index (χ4n) is 3.68. The minimum absolute atomic E-state index is 0.0178. The van der Waals surface area contributed by atoms with Gasteiger partial charge in [-0.1, -0.05) is 23.7 Å². The molecule has 0 N–H and O–H groups in total. The Kier molecular flexibility index (Phi) is 5.29.